The van der Waals surface area contributed by atoms with Crippen molar-refractivity contribution in [1.29, 1.82) is 0 Å². The fraction of sp³-hybridized carbons (Fsp3) is 0.667. The van der Waals surface area contributed by atoms with Crippen LogP contribution in [0.3, 0.4) is 0 Å². The Morgan fingerprint density at radius 3 is 1.83 bits per heavy atom. The smallest absolute Gasteiger partial charge is 0.0215 e. The van der Waals surface area contributed by atoms with Crippen molar-refractivity contribution < 1.29 is 37.5 Å². The summed E-state index contributed by atoms with van der Waals surface area (Å²) < 4.78 is 0. The molecule has 0 heterocycles. The van der Waals surface area contributed by atoms with Crippen LogP contribution in [0.2, 0.25) is 0 Å². The van der Waals surface area contributed by atoms with Crippen molar-refractivity contribution in [2.75, 3.05) is 6.61 Å². The zero-order chi connectivity index (χ0) is 3.41. The standard InChI is InChI=1S/C2H6NO.CH3.Y/c1-2-4-3;;/h3H,2H2,1H3;1H3;/q2*-1;. The van der Waals surface area contributed by atoms with Gasteiger partial charge in [0.1, 0.15) is 0 Å². The van der Waals surface area contributed by atoms with Crippen LogP contribution in [0.25, 0.3) is 5.90 Å². The van der Waals surface area contributed by atoms with Crippen LogP contribution in [-0.2, 0) is 37.5 Å². The van der Waals surface area contributed by atoms with Crippen LogP contribution in [0.15, 0.2) is 0 Å². The fourth-order valence-electron chi connectivity index (χ4n) is 0. The SMILES string of the molecule is CCO[NH-].[CH3-].[Y]. The molecule has 2 nitrogen and oxygen atoms in total. The normalized spacial score (nSPS) is 5.00. The Kier molecular flexibility index (Phi) is 43.6. The molecule has 1 N–H and O–H groups in total. The first kappa shape index (κ1) is 15.7. The molecule has 0 amide bonds. The van der Waals surface area contributed by atoms with E-state index in [1.54, 1.807) is 6.92 Å². The van der Waals surface area contributed by atoms with Crippen LogP contribution in [0.1, 0.15) is 6.92 Å². The molecule has 3 heteroatoms. The Morgan fingerprint density at radius 2 is 1.83 bits per heavy atom. The van der Waals surface area contributed by atoms with Gasteiger partial charge in [-0.05, 0) is 6.92 Å². The molecule has 0 rings (SSSR count). The van der Waals surface area contributed by atoms with Crippen LogP contribution in [0, 0.1) is 7.43 Å². The Hall–Kier alpha value is 1.02. The molecule has 0 bridgehead atoms. The third-order valence-corrected chi connectivity index (χ3v) is 0.144. The van der Waals surface area contributed by atoms with E-state index in [0.29, 0.717) is 6.61 Å². The van der Waals surface area contributed by atoms with Gasteiger partial charge in [0.2, 0.25) is 0 Å². The summed E-state index contributed by atoms with van der Waals surface area (Å²) in [6, 6.07) is 0. The molecule has 0 aromatic carbocycles. The molecule has 0 aliphatic heterocycles. The van der Waals surface area contributed by atoms with Gasteiger partial charge in [-0.15, -0.1) is 0 Å². The molecule has 0 aliphatic rings. The van der Waals surface area contributed by atoms with E-state index in [1.165, 1.54) is 0 Å². The Balaban J connectivity index is -0.0000000450. The quantitative estimate of drug-likeness (QED) is 0.426. The summed E-state index contributed by atoms with van der Waals surface area (Å²) >= 11 is 0. The zero-order valence-electron chi connectivity index (χ0n) is 4.19. The fourth-order valence-corrected chi connectivity index (χ4v) is 0. The van der Waals surface area contributed by atoms with Crippen molar-refractivity contribution >= 4 is 0 Å². The van der Waals surface area contributed by atoms with Gasteiger partial charge in [-0.2, -0.15) is 0 Å². The molecular formula is C3H9NOY-2. The van der Waals surface area contributed by atoms with Crippen LogP contribution in [-0.4, -0.2) is 6.61 Å². The summed E-state index contributed by atoms with van der Waals surface area (Å²) in [7, 11) is 0. The zero-order valence-corrected chi connectivity index (χ0v) is 7.03. The minimum atomic E-state index is 0. The Morgan fingerprint density at radius 1 is 1.67 bits per heavy atom. The molecule has 37 valence electrons. The predicted octanol–water partition coefficient (Wildman–Crippen LogP) is 1.44. The van der Waals surface area contributed by atoms with Gasteiger partial charge < -0.3 is 18.2 Å². The largest absolute Gasteiger partial charge is 0.550 e. The van der Waals surface area contributed by atoms with Crippen molar-refractivity contribution in [2.24, 2.45) is 0 Å². The van der Waals surface area contributed by atoms with Gasteiger partial charge in [0.25, 0.3) is 0 Å². The third-order valence-electron chi connectivity index (χ3n) is 0.144. The van der Waals surface area contributed by atoms with Crippen molar-refractivity contribution in [3.8, 4) is 0 Å². The predicted molar refractivity (Wildman–Crippen MR) is 22.4 cm³/mol. The van der Waals surface area contributed by atoms with E-state index >= 15 is 0 Å². The summed E-state index contributed by atoms with van der Waals surface area (Å²) in [6.45, 7) is 2.26. The topological polar surface area (TPSA) is 33.0 Å². The molecule has 0 atom stereocenters. The van der Waals surface area contributed by atoms with Gasteiger partial charge in [-0.25, -0.2) is 0 Å². The molecule has 0 aliphatic carbocycles. The molecular weight excluding hydrogens is 155 g/mol. The average molecular weight is 164 g/mol. The number of hydrogen-bond acceptors (Lipinski definition) is 1. The van der Waals surface area contributed by atoms with Crippen LogP contribution >= 0.6 is 0 Å². The van der Waals surface area contributed by atoms with Gasteiger partial charge >= 0.3 is 0 Å². The van der Waals surface area contributed by atoms with E-state index in [0.717, 1.165) is 0 Å². The minimum Gasteiger partial charge on any atom is -0.550 e. The first-order valence-corrected chi connectivity index (χ1v) is 1.20. The maximum absolute atomic E-state index is 5.95. The van der Waals surface area contributed by atoms with Gasteiger partial charge in [-0.1, -0.05) is 0 Å². The van der Waals surface area contributed by atoms with Crippen LogP contribution < -0.4 is 0 Å². The average Bonchev–Trinajstić information content (AvgIpc) is 1.37. The molecule has 6 heavy (non-hydrogen) atoms. The molecule has 0 aromatic heterocycles. The summed E-state index contributed by atoms with van der Waals surface area (Å²) in [5.74, 6) is 5.95. The van der Waals surface area contributed by atoms with E-state index in [-0.39, 0.29) is 40.1 Å². The van der Waals surface area contributed by atoms with Gasteiger partial charge in [0, 0.05) is 39.3 Å². The maximum Gasteiger partial charge on any atom is 0.0215 e. The van der Waals surface area contributed by atoms with Gasteiger partial charge in [0.15, 0.2) is 0 Å². The second-order valence-electron chi connectivity index (χ2n) is 0.433. The molecule has 0 saturated heterocycles. The van der Waals surface area contributed by atoms with Crippen molar-refractivity contribution in [3.05, 3.63) is 13.3 Å². The minimum absolute atomic E-state index is 0. The van der Waals surface area contributed by atoms with E-state index < -0.39 is 0 Å². The van der Waals surface area contributed by atoms with Gasteiger partial charge in [0.05, 0.1) is 0 Å². The summed E-state index contributed by atoms with van der Waals surface area (Å²) in [5, 5.41) is 0. The van der Waals surface area contributed by atoms with E-state index in [9.17, 15) is 0 Å². The van der Waals surface area contributed by atoms with Crippen LogP contribution in [0.5, 0.6) is 0 Å². The second kappa shape index (κ2) is 16.6. The number of rotatable bonds is 1. The van der Waals surface area contributed by atoms with Crippen molar-refractivity contribution in [2.45, 2.75) is 6.92 Å². The van der Waals surface area contributed by atoms with Crippen molar-refractivity contribution in [3.63, 3.8) is 0 Å². The summed E-state index contributed by atoms with van der Waals surface area (Å²) in [4.78, 5) is 3.79. The first-order chi connectivity index (χ1) is 1.91. The third kappa shape index (κ3) is 19.9. The molecule has 0 spiro atoms. The van der Waals surface area contributed by atoms with Crippen molar-refractivity contribution in [1.82, 2.24) is 0 Å². The van der Waals surface area contributed by atoms with Gasteiger partial charge in [-0.3, -0.25) is 0 Å². The monoisotopic (exact) mass is 164 g/mol. The summed E-state index contributed by atoms with van der Waals surface area (Å²) in [5.41, 5.74) is 0. The second-order valence-corrected chi connectivity index (χ2v) is 0.433. The molecule has 0 aromatic rings. The molecule has 0 unspecified atom stereocenters. The van der Waals surface area contributed by atoms with E-state index in [2.05, 4.69) is 4.84 Å². The van der Waals surface area contributed by atoms with Crippen LogP contribution in [0.4, 0.5) is 0 Å². The molecule has 0 saturated carbocycles. The van der Waals surface area contributed by atoms with E-state index in [4.69, 9.17) is 5.90 Å². The first-order valence-electron chi connectivity index (χ1n) is 1.20. The van der Waals surface area contributed by atoms with E-state index in [1.807, 2.05) is 0 Å². The number of hydrogen-bond donors (Lipinski definition) is 0. The summed E-state index contributed by atoms with van der Waals surface area (Å²) in [6.07, 6.45) is 0. The molecule has 0 fully saturated rings. The Labute approximate surface area is 64.3 Å². The molecule has 1 radical (unpaired) electrons. The number of nitrogens with one attached hydrogen (secondary N) is 1. The Bertz CT molecular complexity index is 12.8. The maximum atomic E-state index is 5.95.